The van der Waals surface area contributed by atoms with Gasteiger partial charge in [0, 0.05) is 11.1 Å². The van der Waals surface area contributed by atoms with Gasteiger partial charge >= 0.3 is 17.1 Å². The third kappa shape index (κ3) is 2.30. The summed E-state index contributed by atoms with van der Waals surface area (Å²) in [5.41, 5.74) is -0.697. The van der Waals surface area contributed by atoms with E-state index in [0.29, 0.717) is 10.8 Å². The van der Waals surface area contributed by atoms with Crippen LogP contribution in [0.1, 0.15) is 20.7 Å². The third-order valence-electron chi connectivity index (χ3n) is 2.35. The Kier molecular flexibility index (Phi) is 3.88. The van der Waals surface area contributed by atoms with Crippen molar-refractivity contribution in [2.75, 3.05) is 0 Å². The molecule has 1 radical (unpaired) electrons. The van der Waals surface area contributed by atoms with Gasteiger partial charge in [0.05, 0.1) is 11.9 Å². The van der Waals surface area contributed by atoms with Crippen LogP contribution in [0.5, 0.6) is 0 Å². The maximum Gasteiger partial charge on any atom is 2.00 e. The molecule has 4 nitrogen and oxygen atoms in total. The average molecular weight is 269 g/mol. The molecule has 0 aliphatic rings. The SMILES string of the molecule is O=C([O-])c1ccc2ccccc2c1C(=O)[O-].[Mn+2]. The molecule has 0 aliphatic heterocycles. The Morgan fingerprint density at radius 2 is 1.53 bits per heavy atom. The number of rotatable bonds is 2. The second-order valence-corrected chi connectivity index (χ2v) is 3.28. The van der Waals surface area contributed by atoms with Gasteiger partial charge in [-0.05, 0) is 10.8 Å². The molecular formula is C12H6MnO4. The molecule has 0 spiro atoms. The Morgan fingerprint density at radius 3 is 2.12 bits per heavy atom. The maximum atomic E-state index is 10.9. The first-order valence-electron chi connectivity index (χ1n) is 4.55. The monoisotopic (exact) mass is 269 g/mol. The molecule has 0 fully saturated rings. The first-order chi connectivity index (χ1) is 7.61. The molecule has 2 rings (SSSR count). The van der Waals surface area contributed by atoms with Gasteiger partial charge in [0.2, 0.25) is 0 Å². The maximum absolute atomic E-state index is 10.9. The first-order valence-corrected chi connectivity index (χ1v) is 4.55. The minimum absolute atomic E-state index is 0. The van der Waals surface area contributed by atoms with Crippen LogP contribution < -0.4 is 10.2 Å². The summed E-state index contributed by atoms with van der Waals surface area (Å²) >= 11 is 0. The summed E-state index contributed by atoms with van der Waals surface area (Å²) in [7, 11) is 0. The van der Waals surface area contributed by atoms with Gasteiger partial charge < -0.3 is 19.8 Å². The van der Waals surface area contributed by atoms with Gasteiger partial charge in [-0.15, -0.1) is 0 Å². The summed E-state index contributed by atoms with van der Waals surface area (Å²) < 4.78 is 0. The van der Waals surface area contributed by atoms with Crippen molar-refractivity contribution in [3.63, 3.8) is 0 Å². The van der Waals surface area contributed by atoms with Crippen LogP contribution in [0.2, 0.25) is 0 Å². The molecule has 17 heavy (non-hydrogen) atoms. The number of carboxylic acid groups (broad SMARTS) is 2. The molecule has 0 saturated carbocycles. The van der Waals surface area contributed by atoms with Crippen molar-refractivity contribution in [2.45, 2.75) is 0 Å². The molecule has 2 aromatic carbocycles. The number of carboxylic acids is 2. The Bertz CT molecular complexity index is 592. The van der Waals surface area contributed by atoms with Crippen LogP contribution in [0.3, 0.4) is 0 Å². The van der Waals surface area contributed by atoms with Gasteiger partial charge in [-0.1, -0.05) is 36.4 Å². The number of hydrogen-bond acceptors (Lipinski definition) is 4. The molecule has 5 heteroatoms. The van der Waals surface area contributed by atoms with Gasteiger partial charge in [0.1, 0.15) is 0 Å². The number of carbonyl (C=O) groups excluding carboxylic acids is 2. The van der Waals surface area contributed by atoms with Crippen molar-refractivity contribution in [3.05, 3.63) is 47.5 Å². The first kappa shape index (κ1) is 13.2. The van der Waals surface area contributed by atoms with Crippen LogP contribution in [0.4, 0.5) is 0 Å². The van der Waals surface area contributed by atoms with Crippen LogP contribution in [0, 0.1) is 0 Å². The van der Waals surface area contributed by atoms with Crippen molar-refractivity contribution in [3.8, 4) is 0 Å². The minimum atomic E-state index is -1.52. The molecule has 0 saturated heterocycles. The van der Waals surface area contributed by atoms with Crippen molar-refractivity contribution >= 4 is 22.7 Å². The van der Waals surface area contributed by atoms with E-state index >= 15 is 0 Å². The Labute approximate surface area is 107 Å². The Balaban J connectivity index is 0.00000144. The fraction of sp³-hybridized carbons (Fsp3) is 0. The van der Waals surface area contributed by atoms with Crippen molar-refractivity contribution in [1.29, 1.82) is 0 Å². The van der Waals surface area contributed by atoms with E-state index in [1.54, 1.807) is 18.2 Å². The molecular weight excluding hydrogens is 263 g/mol. The van der Waals surface area contributed by atoms with E-state index in [9.17, 15) is 19.8 Å². The van der Waals surface area contributed by atoms with Gasteiger partial charge in [-0.2, -0.15) is 0 Å². The number of benzene rings is 2. The largest absolute Gasteiger partial charge is 2.00 e. The molecule has 0 aliphatic carbocycles. The van der Waals surface area contributed by atoms with Crippen LogP contribution in [0.25, 0.3) is 10.8 Å². The van der Waals surface area contributed by atoms with Gasteiger partial charge in [0.15, 0.2) is 0 Å². The van der Waals surface area contributed by atoms with Crippen LogP contribution in [-0.4, -0.2) is 11.9 Å². The van der Waals surface area contributed by atoms with E-state index in [4.69, 9.17) is 0 Å². The van der Waals surface area contributed by atoms with Crippen molar-refractivity contribution in [1.82, 2.24) is 0 Å². The second-order valence-electron chi connectivity index (χ2n) is 3.28. The number of fused-ring (bicyclic) bond motifs is 1. The van der Waals surface area contributed by atoms with E-state index in [0.717, 1.165) is 0 Å². The Morgan fingerprint density at radius 1 is 0.882 bits per heavy atom. The summed E-state index contributed by atoms with van der Waals surface area (Å²) in [4.78, 5) is 21.7. The quantitative estimate of drug-likeness (QED) is 0.692. The molecule has 2 aromatic rings. The zero-order valence-corrected chi connectivity index (χ0v) is 9.66. The number of hydrogen-bond donors (Lipinski definition) is 0. The molecule has 85 valence electrons. The van der Waals surface area contributed by atoms with Crippen LogP contribution in [-0.2, 0) is 17.1 Å². The molecule has 0 heterocycles. The predicted molar refractivity (Wildman–Crippen MR) is 52.6 cm³/mol. The van der Waals surface area contributed by atoms with E-state index in [1.807, 2.05) is 0 Å². The topological polar surface area (TPSA) is 80.3 Å². The summed E-state index contributed by atoms with van der Waals surface area (Å²) in [6.45, 7) is 0. The molecule has 0 aromatic heterocycles. The van der Waals surface area contributed by atoms with Crippen LogP contribution in [0.15, 0.2) is 36.4 Å². The molecule has 0 N–H and O–H groups in total. The summed E-state index contributed by atoms with van der Waals surface area (Å²) in [6, 6.07) is 9.34. The molecule has 0 amide bonds. The van der Waals surface area contributed by atoms with Crippen molar-refractivity contribution in [2.24, 2.45) is 0 Å². The fourth-order valence-electron chi connectivity index (χ4n) is 1.66. The number of carbonyl (C=O) groups is 2. The Hall–Kier alpha value is -1.84. The molecule has 0 unspecified atom stereocenters. The van der Waals surface area contributed by atoms with Gasteiger partial charge in [0.25, 0.3) is 0 Å². The normalized spacial score (nSPS) is 9.65. The van der Waals surface area contributed by atoms with Crippen LogP contribution >= 0.6 is 0 Å². The zero-order chi connectivity index (χ0) is 11.7. The third-order valence-corrected chi connectivity index (χ3v) is 2.35. The summed E-state index contributed by atoms with van der Waals surface area (Å²) in [5, 5.41) is 22.7. The summed E-state index contributed by atoms with van der Waals surface area (Å²) in [5.74, 6) is -3.04. The second kappa shape index (κ2) is 4.99. The minimum Gasteiger partial charge on any atom is -0.545 e. The van der Waals surface area contributed by atoms with Gasteiger partial charge in [-0.25, -0.2) is 0 Å². The smallest absolute Gasteiger partial charge is 0.545 e. The molecule has 0 atom stereocenters. The number of aromatic carboxylic acids is 2. The van der Waals surface area contributed by atoms with E-state index in [2.05, 4.69) is 0 Å². The van der Waals surface area contributed by atoms with Gasteiger partial charge in [-0.3, -0.25) is 0 Å². The van der Waals surface area contributed by atoms with Crippen molar-refractivity contribution < 1.29 is 36.9 Å². The zero-order valence-electron chi connectivity index (χ0n) is 8.48. The summed E-state index contributed by atoms with van der Waals surface area (Å²) in [6.07, 6.45) is 0. The fourth-order valence-corrected chi connectivity index (χ4v) is 1.66. The van der Waals surface area contributed by atoms with E-state index in [1.165, 1.54) is 18.2 Å². The molecule has 0 bridgehead atoms. The predicted octanol–water partition coefficient (Wildman–Crippen LogP) is -0.436. The standard InChI is InChI=1S/C12H8O4.Mn/c13-11(14)9-6-5-7-3-1-2-4-8(7)10(9)12(15)16;/h1-6H,(H,13,14)(H,15,16);/q;+2/p-2. The van der Waals surface area contributed by atoms with E-state index < -0.39 is 11.9 Å². The average Bonchev–Trinajstić information content (AvgIpc) is 2.27. The van der Waals surface area contributed by atoms with E-state index in [-0.39, 0.29) is 28.2 Å².